The maximum Gasteiger partial charge on any atom is 0.0596 e. The highest BCUT2D eigenvalue weighted by atomic mass is 28.1. The molecule has 0 bridgehead atoms. The Kier molecular flexibility index (Phi) is 3.61. The Morgan fingerprint density at radius 2 is 1.56 bits per heavy atom. The average molecular weight is 223 g/mol. The Morgan fingerprint density at radius 3 is 1.94 bits per heavy atom. The second-order valence-corrected chi connectivity index (χ2v) is 3.74. The molecule has 2 aromatic rings. The summed E-state index contributed by atoms with van der Waals surface area (Å²) < 4.78 is 0. The third kappa shape index (κ3) is 2.43. The number of hydrogen-bond donors (Lipinski definition) is 0. The molecule has 0 saturated heterocycles. The summed E-state index contributed by atoms with van der Waals surface area (Å²) in [6.45, 7) is 0. The second-order valence-electron chi connectivity index (χ2n) is 3.41. The minimum absolute atomic E-state index is 0.194. The van der Waals surface area contributed by atoms with Gasteiger partial charge in [-0.2, -0.15) is 0 Å². The lowest BCUT2D eigenvalue weighted by Crippen LogP contribution is -1.98. The molecule has 0 fully saturated rings. The van der Waals surface area contributed by atoms with E-state index in [-0.39, 0.29) is 5.92 Å². The van der Waals surface area contributed by atoms with Crippen LogP contribution in [0.15, 0.2) is 60.8 Å². The number of aromatic nitrogens is 2. The predicted molar refractivity (Wildman–Crippen MR) is 65.2 cm³/mol. The molecule has 0 amide bonds. The van der Waals surface area contributed by atoms with Gasteiger partial charge in [-0.3, -0.25) is 9.97 Å². The minimum atomic E-state index is 0.194. The molecule has 0 unspecified atom stereocenters. The van der Waals surface area contributed by atoms with Crippen LogP contribution in [0.1, 0.15) is 17.0 Å². The van der Waals surface area contributed by atoms with Crippen molar-refractivity contribution in [2.24, 2.45) is 0 Å². The molecule has 0 aromatic carbocycles. The molecular weight excluding hydrogens is 212 g/mol. The molecule has 0 aliphatic carbocycles. The molecule has 2 rings (SSSR count). The van der Waals surface area contributed by atoms with Gasteiger partial charge in [0.2, 0.25) is 0 Å². The van der Waals surface area contributed by atoms with E-state index in [0.29, 0.717) is 0 Å². The average Bonchev–Trinajstić information content (AvgIpc) is 2.38. The predicted octanol–water partition coefficient (Wildman–Crippen LogP) is 2.29. The number of hydrogen-bond acceptors (Lipinski definition) is 2. The van der Waals surface area contributed by atoms with Crippen LogP contribution in [0.5, 0.6) is 0 Å². The zero-order valence-corrected chi connectivity index (χ0v) is 9.75. The van der Waals surface area contributed by atoms with Crippen molar-refractivity contribution in [3.05, 3.63) is 72.0 Å². The largest absolute Gasteiger partial charge is 0.264 e. The highest BCUT2D eigenvalue weighted by molar-refractivity contribution is 6.17. The number of allylic oxidation sites excluding steroid dienone is 1. The van der Waals surface area contributed by atoms with E-state index < -0.39 is 0 Å². The highest BCUT2D eigenvalue weighted by Crippen LogP contribution is 2.24. The van der Waals surface area contributed by atoms with Gasteiger partial charge in [0.05, 0.1) is 10.2 Å². The zero-order valence-electron chi connectivity index (χ0n) is 8.75. The minimum Gasteiger partial charge on any atom is -0.264 e. The summed E-state index contributed by atoms with van der Waals surface area (Å²) in [4.78, 5) is 8.29. The van der Waals surface area contributed by atoms with Crippen molar-refractivity contribution in [3.63, 3.8) is 0 Å². The first-order valence-electron chi connectivity index (χ1n) is 5.05. The van der Waals surface area contributed by atoms with Crippen molar-refractivity contribution in [3.8, 4) is 0 Å². The standard InChI is InChI=1S/C13H11N2Si/c16-8-5-13(11-3-1-6-14-9-11)12-4-2-7-15-10-12/h1-10,13H. The molecule has 0 atom stereocenters. The lowest BCUT2D eigenvalue weighted by molar-refractivity contribution is 0.993. The molecule has 0 spiro atoms. The summed E-state index contributed by atoms with van der Waals surface area (Å²) in [5, 5.41) is 0. The summed E-state index contributed by atoms with van der Waals surface area (Å²) in [5.74, 6) is 0.194. The Labute approximate surface area is 98.5 Å². The number of rotatable bonds is 3. The normalized spacial score (nSPS) is 11.1. The summed E-state index contributed by atoms with van der Waals surface area (Å²) in [6.07, 6.45) is 9.39. The maximum atomic E-state index is 4.14. The monoisotopic (exact) mass is 223 g/mol. The van der Waals surface area contributed by atoms with Crippen molar-refractivity contribution < 1.29 is 0 Å². The van der Waals surface area contributed by atoms with E-state index in [9.17, 15) is 0 Å². The van der Waals surface area contributed by atoms with Gasteiger partial charge in [-0.25, -0.2) is 0 Å². The first-order chi connectivity index (χ1) is 7.92. The molecule has 2 heterocycles. The van der Waals surface area contributed by atoms with Crippen molar-refractivity contribution in [2.75, 3.05) is 0 Å². The van der Waals surface area contributed by atoms with Crippen molar-refractivity contribution in [2.45, 2.75) is 5.92 Å². The molecule has 3 radical (unpaired) electrons. The molecule has 0 N–H and O–H groups in total. The van der Waals surface area contributed by atoms with Crippen molar-refractivity contribution >= 4 is 10.2 Å². The van der Waals surface area contributed by atoms with Crippen LogP contribution in [-0.4, -0.2) is 20.2 Å². The fourth-order valence-electron chi connectivity index (χ4n) is 1.63. The molecule has 77 valence electrons. The van der Waals surface area contributed by atoms with Crippen LogP contribution in [0.2, 0.25) is 0 Å². The molecule has 0 saturated carbocycles. The summed E-state index contributed by atoms with van der Waals surface area (Å²) in [5.41, 5.74) is 4.18. The van der Waals surface area contributed by atoms with Gasteiger partial charge in [0, 0.05) is 30.7 Å². The molecule has 2 nitrogen and oxygen atoms in total. The van der Waals surface area contributed by atoms with Gasteiger partial charge < -0.3 is 0 Å². The van der Waals surface area contributed by atoms with E-state index in [1.165, 1.54) is 0 Å². The zero-order chi connectivity index (χ0) is 11.2. The molecular formula is C13H11N2Si. The number of nitrogens with zero attached hydrogens (tertiary/aromatic N) is 2. The Bertz CT molecular complexity index is 414. The topological polar surface area (TPSA) is 25.8 Å². The van der Waals surface area contributed by atoms with E-state index in [0.717, 1.165) is 11.1 Å². The van der Waals surface area contributed by atoms with Gasteiger partial charge in [0.25, 0.3) is 0 Å². The van der Waals surface area contributed by atoms with Gasteiger partial charge in [0.15, 0.2) is 0 Å². The van der Waals surface area contributed by atoms with E-state index in [4.69, 9.17) is 0 Å². The smallest absolute Gasteiger partial charge is 0.0596 e. The molecule has 2 aromatic heterocycles. The first-order valence-corrected chi connectivity index (χ1v) is 5.63. The summed E-state index contributed by atoms with van der Waals surface area (Å²) >= 11 is 0. The van der Waals surface area contributed by atoms with Crippen molar-refractivity contribution in [1.29, 1.82) is 0 Å². The maximum absolute atomic E-state index is 4.14. The van der Waals surface area contributed by atoms with Crippen molar-refractivity contribution in [1.82, 2.24) is 9.97 Å². The Hall–Kier alpha value is -1.74. The SMILES string of the molecule is [Si]C=CC(c1cccnc1)c1cccnc1. The van der Waals surface area contributed by atoms with Gasteiger partial charge >= 0.3 is 0 Å². The summed E-state index contributed by atoms with van der Waals surface area (Å²) in [7, 11) is 3.37. The van der Waals surface area contributed by atoms with Crippen LogP contribution in [0.3, 0.4) is 0 Å². The van der Waals surface area contributed by atoms with E-state index in [2.05, 4.69) is 38.4 Å². The third-order valence-electron chi connectivity index (χ3n) is 2.38. The van der Waals surface area contributed by atoms with Gasteiger partial charge in [-0.1, -0.05) is 18.2 Å². The van der Waals surface area contributed by atoms with E-state index >= 15 is 0 Å². The highest BCUT2D eigenvalue weighted by Gasteiger charge is 2.10. The summed E-state index contributed by atoms with van der Waals surface area (Å²) in [6, 6.07) is 8.02. The number of pyridine rings is 2. The lowest BCUT2D eigenvalue weighted by atomic mass is 9.94. The molecule has 16 heavy (non-hydrogen) atoms. The molecule has 0 aliphatic rings. The Balaban J connectivity index is 2.39. The molecule has 0 aliphatic heterocycles. The lowest BCUT2D eigenvalue weighted by Gasteiger charge is -2.12. The van der Waals surface area contributed by atoms with Gasteiger partial charge in [-0.05, 0) is 23.3 Å². The van der Waals surface area contributed by atoms with Gasteiger partial charge in [0.1, 0.15) is 0 Å². The third-order valence-corrected chi connectivity index (χ3v) is 2.57. The van der Waals surface area contributed by atoms with E-state index in [1.54, 1.807) is 12.4 Å². The second kappa shape index (κ2) is 5.37. The first kappa shape index (κ1) is 10.8. The molecule has 3 heteroatoms. The van der Waals surface area contributed by atoms with E-state index in [1.807, 2.05) is 30.2 Å². The van der Waals surface area contributed by atoms with Crippen LogP contribution in [0, 0.1) is 0 Å². The van der Waals surface area contributed by atoms with Crippen LogP contribution in [0.4, 0.5) is 0 Å². The Morgan fingerprint density at radius 1 is 1.00 bits per heavy atom. The van der Waals surface area contributed by atoms with Gasteiger partial charge in [-0.15, -0.1) is 5.70 Å². The van der Waals surface area contributed by atoms with Crippen LogP contribution in [-0.2, 0) is 0 Å². The van der Waals surface area contributed by atoms with Crippen LogP contribution in [0.25, 0.3) is 0 Å². The van der Waals surface area contributed by atoms with Crippen LogP contribution < -0.4 is 0 Å². The van der Waals surface area contributed by atoms with Crippen LogP contribution >= 0.6 is 0 Å². The fraction of sp³-hybridized carbons (Fsp3) is 0.0769. The quantitative estimate of drug-likeness (QED) is 0.746. The fourth-order valence-corrected chi connectivity index (χ4v) is 1.82.